The molecule has 0 aliphatic carbocycles. The van der Waals surface area contributed by atoms with Crippen LogP contribution in [-0.2, 0) is 0 Å². The monoisotopic (exact) mass is 284 g/mol. The van der Waals surface area contributed by atoms with Crippen LogP contribution in [0.1, 0.15) is 11.4 Å². The van der Waals surface area contributed by atoms with Gasteiger partial charge in [-0.15, -0.1) is 0 Å². The highest BCUT2D eigenvalue weighted by Gasteiger charge is 2.09. The number of aryl methyl sites for hydroxylation is 1. The minimum atomic E-state index is 0.736. The number of benzene rings is 1. The lowest BCUT2D eigenvalue weighted by atomic mass is 10.3. The Labute approximate surface area is 102 Å². The average molecular weight is 286 g/mol. The molecule has 0 bridgehead atoms. The molecule has 1 aromatic carbocycles. The summed E-state index contributed by atoms with van der Waals surface area (Å²) in [5.41, 5.74) is 3.10. The molecule has 2 rings (SSSR count). The number of nitrogens with zero attached hydrogens (tertiary/aromatic N) is 2. The third-order valence-electron chi connectivity index (χ3n) is 2.27. The van der Waals surface area contributed by atoms with E-state index >= 15 is 0 Å². The molecule has 0 unspecified atom stereocenters. The van der Waals surface area contributed by atoms with Crippen LogP contribution in [0.2, 0.25) is 5.02 Å². The molecule has 0 radical (unpaired) electrons. The van der Waals surface area contributed by atoms with E-state index in [1.807, 2.05) is 42.8 Å². The molecular formula is C11H10BrClN2. The zero-order valence-electron chi connectivity index (χ0n) is 8.46. The van der Waals surface area contributed by atoms with Crippen LogP contribution in [0.15, 0.2) is 28.7 Å². The Morgan fingerprint density at radius 3 is 2.27 bits per heavy atom. The van der Waals surface area contributed by atoms with Gasteiger partial charge in [-0.3, -0.25) is 0 Å². The third-order valence-corrected chi connectivity index (χ3v) is 3.67. The van der Waals surface area contributed by atoms with Crippen molar-refractivity contribution in [1.82, 2.24) is 9.78 Å². The van der Waals surface area contributed by atoms with Crippen LogP contribution in [-0.4, -0.2) is 9.78 Å². The van der Waals surface area contributed by atoms with E-state index in [1.165, 1.54) is 0 Å². The molecule has 2 aromatic rings. The van der Waals surface area contributed by atoms with E-state index in [0.29, 0.717) is 0 Å². The maximum Gasteiger partial charge on any atom is 0.0743 e. The quantitative estimate of drug-likeness (QED) is 0.777. The average Bonchev–Trinajstić information content (AvgIpc) is 2.47. The van der Waals surface area contributed by atoms with E-state index in [0.717, 1.165) is 26.6 Å². The molecule has 0 saturated heterocycles. The van der Waals surface area contributed by atoms with Gasteiger partial charge in [-0.05, 0) is 54.0 Å². The standard InChI is InChI=1S/C11H10BrClN2/c1-7-11(12)8(2)15(14-7)10-5-3-9(13)4-6-10/h3-6H,1-2H3. The van der Waals surface area contributed by atoms with Crippen LogP contribution >= 0.6 is 27.5 Å². The van der Waals surface area contributed by atoms with Crippen LogP contribution in [0, 0.1) is 13.8 Å². The fraction of sp³-hybridized carbons (Fsp3) is 0.182. The van der Waals surface area contributed by atoms with Gasteiger partial charge in [0.1, 0.15) is 0 Å². The van der Waals surface area contributed by atoms with Gasteiger partial charge >= 0.3 is 0 Å². The van der Waals surface area contributed by atoms with E-state index in [9.17, 15) is 0 Å². The van der Waals surface area contributed by atoms with Crippen molar-refractivity contribution in [2.45, 2.75) is 13.8 Å². The van der Waals surface area contributed by atoms with Gasteiger partial charge < -0.3 is 0 Å². The summed E-state index contributed by atoms with van der Waals surface area (Å²) in [6.07, 6.45) is 0. The summed E-state index contributed by atoms with van der Waals surface area (Å²) in [6.45, 7) is 4.00. The van der Waals surface area contributed by atoms with E-state index in [1.54, 1.807) is 0 Å². The van der Waals surface area contributed by atoms with E-state index in [2.05, 4.69) is 21.0 Å². The summed E-state index contributed by atoms with van der Waals surface area (Å²) >= 11 is 9.34. The van der Waals surface area contributed by atoms with Crippen molar-refractivity contribution < 1.29 is 0 Å². The van der Waals surface area contributed by atoms with Crippen molar-refractivity contribution in [3.63, 3.8) is 0 Å². The molecule has 0 N–H and O–H groups in total. The summed E-state index contributed by atoms with van der Waals surface area (Å²) in [7, 11) is 0. The Bertz CT molecular complexity index is 488. The molecule has 0 amide bonds. The Morgan fingerprint density at radius 2 is 1.80 bits per heavy atom. The largest absolute Gasteiger partial charge is 0.237 e. The molecule has 78 valence electrons. The number of hydrogen-bond donors (Lipinski definition) is 0. The van der Waals surface area contributed by atoms with Gasteiger partial charge in [0.25, 0.3) is 0 Å². The van der Waals surface area contributed by atoms with Crippen molar-refractivity contribution >= 4 is 27.5 Å². The molecule has 2 nitrogen and oxygen atoms in total. The van der Waals surface area contributed by atoms with Crippen LogP contribution < -0.4 is 0 Å². The second kappa shape index (κ2) is 3.99. The minimum Gasteiger partial charge on any atom is -0.237 e. The van der Waals surface area contributed by atoms with Crippen molar-refractivity contribution in [3.05, 3.63) is 45.1 Å². The Kier molecular flexibility index (Phi) is 2.85. The smallest absolute Gasteiger partial charge is 0.0743 e. The number of rotatable bonds is 1. The molecule has 1 heterocycles. The SMILES string of the molecule is Cc1nn(-c2ccc(Cl)cc2)c(C)c1Br. The topological polar surface area (TPSA) is 17.8 Å². The molecule has 0 saturated carbocycles. The van der Waals surface area contributed by atoms with Gasteiger partial charge in [-0.1, -0.05) is 11.6 Å². The van der Waals surface area contributed by atoms with Gasteiger partial charge in [-0.25, -0.2) is 4.68 Å². The van der Waals surface area contributed by atoms with Crippen LogP contribution in [0.5, 0.6) is 0 Å². The normalized spacial score (nSPS) is 10.7. The Hall–Kier alpha value is -0.800. The van der Waals surface area contributed by atoms with Crippen LogP contribution in [0.3, 0.4) is 0 Å². The van der Waals surface area contributed by atoms with E-state index in [-0.39, 0.29) is 0 Å². The lowest BCUT2D eigenvalue weighted by molar-refractivity contribution is 0.833. The molecule has 15 heavy (non-hydrogen) atoms. The molecule has 0 aliphatic rings. The van der Waals surface area contributed by atoms with E-state index < -0.39 is 0 Å². The van der Waals surface area contributed by atoms with Gasteiger partial charge in [0.2, 0.25) is 0 Å². The first-order valence-corrected chi connectivity index (χ1v) is 5.74. The van der Waals surface area contributed by atoms with Crippen molar-refractivity contribution in [2.75, 3.05) is 0 Å². The molecule has 0 aliphatic heterocycles. The Balaban J connectivity index is 2.54. The number of hydrogen-bond acceptors (Lipinski definition) is 1. The molecule has 0 fully saturated rings. The highest BCUT2D eigenvalue weighted by atomic mass is 79.9. The first-order valence-electron chi connectivity index (χ1n) is 4.57. The first-order chi connectivity index (χ1) is 7.09. The van der Waals surface area contributed by atoms with Gasteiger partial charge in [0.15, 0.2) is 0 Å². The highest BCUT2D eigenvalue weighted by molar-refractivity contribution is 9.10. The fourth-order valence-corrected chi connectivity index (χ4v) is 1.83. The molecular weight excluding hydrogens is 275 g/mol. The van der Waals surface area contributed by atoms with E-state index in [4.69, 9.17) is 11.6 Å². The first kappa shape index (κ1) is 10.7. The molecule has 4 heteroatoms. The summed E-state index contributed by atoms with van der Waals surface area (Å²) in [4.78, 5) is 0. The second-order valence-electron chi connectivity index (χ2n) is 3.37. The maximum absolute atomic E-state index is 5.84. The third kappa shape index (κ3) is 1.94. The second-order valence-corrected chi connectivity index (χ2v) is 4.60. The Morgan fingerprint density at radius 1 is 1.20 bits per heavy atom. The van der Waals surface area contributed by atoms with Crippen molar-refractivity contribution in [3.8, 4) is 5.69 Å². The zero-order chi connectivity index (χ0) is 11.0. The van der Waals surface area contributed by atoms with Crippen molar-refractivity contribution in [2.24, 2.45) is 0 Å². The summed E-state index contributed by atoms with van der Waals surface area (Å²) in [5, 5.41) is 5.17. The molecule has 0 spiro atoms. The lowest BCUT2D eigenvalue weighted by Gasteiger charge is -2.03. The predicted molar refractivity (Wildman–Crippen MR) is 65.7 cm³/mol. The van der Waals surface area contributed by atoms with Crippen LogP contribution in [0.4, 0.5) is 0 Å². The molecule has 1 aromatic heterocycles. The summed E-state index contributed by atoms with van der Waals surface area (Å²) in [6, 6.07) is 7.63. The zero-order valence-corrected chi connectivity index (χ0v) is 10.8. The predicted octanol–water partition coefficient (Wildman–Crippen LogP) is 3.91. The van der Waals surface area contributed by atoms with Gasteiger partial charge in [0, 0.05) is 5.02 Å². The van der Waals surface area contributed by atoms with Gasteiger partial charge in [0.05, 0.1) is 21.5 Å². The van der Waals surface area contributed by atoms with Crippen molar-refractivity contribution in [1.29, 1.82) is 0 Å². The number of aromatic nitrogens is 2. The van der Waals surface area contributed by atoms with Gasteiger partial charge in [-0.2, -0.15) is 5.10 Å². The maximum atomic E-state index is 5.84. The highest BCUT2D eigenvalue weighted by Crippen LogP contribution is 2.23. The molecule has 0 atom stereocenters. The summed E-state index contributed by atoms with van der Waals surface area (Å²) in [5.74, 6) is 0. The summed E-state index contributed by atoms with van der Waals surface area (Å²) < 4.78 is 2.95. The van der Waals surface area contributed by atoms with Crippen LogP contribution in [0.25, 0.3) is 5.69 Å². The number of halogens is 2. The lowest BCUT2D eigenvalue weighted by Crippen LogP contribution is -1.98. The fourth-order valence-electron chi connectivity index (χ4n) is 1.46. The minimum absolute atomic E-state index is 0.736.